The Bertz CT molecular complexity index is 1740. The van der Waals surface area contributed by atoms with E-state index in [0.717, 1.165) is 49.9 Å². The van der Waals surface area contributed by atoms with Gasteiger partial charge in [-0.25, -0.2) is 40.2 Å². The number of fused-ring (bicyclic) bond motifs is 2. The topological polar surface area (TPSA) is 12.9 Å². The summed E-state index contributed by atoms with van der Waals surface area (Å²) in [6, 6.07) is 25.9. The van der Waals surface area contributed by atoms with E-state index < -0.39 is 32.3 Å². The molecule has 0 aliphatic rings. The average molecular weight is 1080 g/mol. The van der Waals surface area contributed by atoms with Crippen LogP contribution in [-0.4, -0.2) is 37.3 Å². The molecule has 0 fully saturated rings. The summed E-state index contributed by atoms with van der Waals surface area (Å²) < 4.78 is 0. The van der Waals surface area contributed by atoms with Crippen LogP contribution in [0.3, 0.4) is 0 Å². The third-order valence-corrected chi connectivity index (χ3v) is 46.0. The first-order valence-electron chi connectivity index (χ1n) is 27.6. The van der Waals surface area contributed by atoms with Crippen LogP contribution in [-0.2, 0) is 43.4 Å². The minimum Gasteiger partial charge on any atom is -1.00 e. The summed E-state index contributed by atoms with van der Waals surface area (Å²) in [4.78, 5) is 3.78. The van der Waals surface area contributed by atoms with Crippen LogP contribution in [0.4, 0.5) is 0 Å². The maximum Gasteiger partial charge on any atom is 3.00 e. The number of aromatic nitrogens is 1. The molecule has 1 nitrogen and oxygen atoms in total. The zero-order valence-electron chi connectivity index (χ0n) is 50.7. The van der Waals surface area contributed by atoms with Gasteiger partial charge >= 0.3 is 43.4 Å². The summed E-state index contributed by atoms with van der Waals surface area (Å²) in [5.74, 6) is 0. The molecule has 0 N–H and O–H groups in total. The second-order valence-electron chi connectivity index (χ2n) is 24.4. The molecule has 0 saturated carbocycles. The first-order valence-corrected chi connectivity index (χ1v) is 36.5. The molecular weight excluding hydrogens is 967 g/mol. The third-order valence-electron chi connectivity index (χ3n) is 17.9. The van der Waals surface area contributed by atoms with Gasteiger partial charge in [-0.3, -0.25) is 21.8 Å². The van der Waals surface area contributed by atoms with Crippen LogP contribution in [0.1, 0.15) is 194 Å². The number of unbranched alkanes of at least 4 members (excludes halogenated alkanes) is 2. The first kappa shape index (κ1) is 68.4. The third kappa shape index (κ3) is 13.3. The molecule has 0 bridgehead atoms. The van der Waals surface area contributed by atoms with Gasteiger partial charge in [-0.05, 0) is 39.8 Å². The number of nitrogens with zero attached hydrogens (tertiary/aromatic N) is 1. The van der Waals surface area contributed by atoms with Gasteiger partial charge in [0.15, 0.2) is 0 Å². The van der Waals surface area contributed by atoms with Crippen LogP contribution >= 0.6 is 0 Å². The number of hydrogen-bond acceptors (Lipinski definition) is 1. The molecule has 0 unspecified atom stereocenters. The van der Waals surface area contributed by atoms with Gasteiger partial charge in [-0.1, -0.05) is 232 Å². The Morgan fingerprint density at radius 1 is 0.507 bits per heavy atom. The van der Waals surface area contributed by atoms with E-state index in [9.17, 15) is 0 Å². The van der Waals surface area contributed by atoms with Crippen molar-refractivity contribution in [1.29, 1.82) is 0 Å². The molecule has 0 spiro atoms. The van der Waals surface area contributed by atoms with Gasteiger partial charge in [0.25, 0.3) is 0 Å². The fourth-order valence-corrected chi connectivity index (χ4v) is 43.2. The van der Waals surface area contributed by atoms with Crippen molar-refractivity contribution < 1.29 is 44.9 Å². The van der Waals surface area contributed by atoms with Crippen LogP contribution < -0.4 is 20.7 Å². The van der Waals surface area contributed by atoms with E-state index in [0.29, 0.717) is 16.6 Å². The summed E-state index contributed by atoms with van der Waals surface area (Å²) in [5.41, 5.74) is 8.74. The molecule has 1 heterocycles. The summed E-state index contributed by atoms with van der Waals surface area (Å²) in [5, 5.41) is 13.3. The van der Waals surface area contributed by atoms with Gasteiger partial charge in [-0.2, -0.15) is 39.3 Å². The fourth-order valence-electron chi connectivity index (χ4n) is 16.0. The fraction of sp³-hybridized carbons (Fsp3) is 0.645. The quantitative estimate of drug-likeness (QED) is 0.0629. The normalized spacial score (nSPS) is 13.2. The van der Waals surface area contributed by atoms with Gasteiger partial charge in [0.05, 0.1) is 8.07 Å². The molecule has 0 aliphatic carbocycles. The van der Waals surface area contributed by atoms with E-state index in [2.05, 4.69) is 234 Å². The van der Waals surface area contributed by atoms with Gasteiger partial charge in [-0.15, -0.1) is 0 Å². The van der Waals surface area contributed by atoms with E-state index in [1.807, 2.05) is 18.2 Å². The van der Waals surface area contributed by atoms with E-state index in [-0.39, 0.29) is 44.9 Å². The Hall–Kier alpha value is -0.634. The Morgan fingerprint density at radius 3 is 1.22 bits per heavy atom. The van der Waals surface area contributed by atoms with Gasteiger partial charge in [0, 0.05) is 36.6 Å². The van der Waals surface area contributed by atoms with Crippen molar-refractivity contribution in [2.45, 2.75) is 259 Å². The van der Waals surface area contributed by atoms with Crippen molar-refractivity contribution >= 4 is 74.6 Å². The van der Waals surface area contributed by atoms with E-state index in [1.54, 1.807) is 54.7 Å². The molecule has 0 aliphatic heterocycles. The molecule has 7 heteroatoms. The predicted octanol–water partition coefficient (Wildman–Crippen LogP) is 19.3. The molecule has 2 radical (unpaired) electrons. The van der Waals surface area contributed by atoms with Gasteiger partial charge < -0.3 is 8.35 Å². The summed E-state index contributed by atoms with van der Waals surface area (Å²) in [6.07, 6.45) is 7.58. The Morgan fingerprint density at radius 2 is 0.913 bits per heavy atom. The van der Waals surface area contributed by atoms with Crippen LogP contribution in [0.2, 0.25) is 66.5 Å². The van der Waals surface area contributed by atoms with Crippen LogP contribution in [0.5, 0.6) is 0 Å². The molecule has 5 rings (SSSR count). The number of hydrogen-bond donors (Lipinski definition) is 0. The van der Waals surface area contributed by atoms with E-state index in [1.165, 1.54) is 19.3 Å². The molecule has 4 aromatic carbocycles. The Balaban J connectivity index is 0. The Labute approximate surface area is 465 Å². The van der Waals surface area contributed by atoms with Gasteiger partial charge in [0.1, 0.15) is 0 Å². The smallest absolute Gasteiger partial charge is 1.00 e. The minimum atomic E-state index is -1.74. The van der Waals surface area contributed by atoms with Crippen LogP contribution in [0, 0.1) is 6.92 Å². The van der Waals surface area contributed by atoms with Crippen molar-refractivity contribution in [2.24, 2.45) is 0 Å². The molecule has 1 aromatic heterocycles. The van der Waals surface area contributed by atoms with Crippen molar-refractivity contribution in [1.82, 2.24) is 4.98 Å². The molecule has 5 aromatic rings. The number of rotatable bonds is 18. The monoisotopic (exact) mass is 1080 g/mol. The average Bonchev–Trinajstić information content (AvgIpc) is 4.02. The molecule has 1 atom stereocenters. The second kappa shape index (κ2) is 29.5. The molecular formula is C62H109NSi4Ti2. The van der Waals surface area contributed by atoms with Crippen molar-refractivity contribution in [3.63, 3.8) is 0 Å². The molecule has 386 valence electrons. The molecule has 69 heavy (non-hydrogen) atoms. The SMILES string of the molecule is CC(C)[Si](c1ccc2[c-]([Si](C(C)C)(C(C)C)C(C)C)cc[c-]12)(C(C)C)C(C)C.CCCCC.[CH2-][C@@H](C)[Si](c1[cH-]cc2c1cc[c-]2[Si](C(C)C)(C(C)C)C(C)C)(C(C)C)C(C)C.[H-].[Ti+3].[Ti+3].c1ccncc1. The summed E-state index contributed by atoms with van der Waals surface area (Å²) in [6.45, 7) is 66.0. The minimum absolute atomic E-state index is 0. The zero-order chi connectivity index (χ0) is 51.6. The van der Waals surface area contributed by atoms with E-state index in [4.69, 9.17) is 0 Å². The van der Waals surface area contributed by atoms with Crippen molar-refractivity contribution in [2.75, 3.05) is 0 Å². The van der Waals surface area contributed by atoms with Crippen molar-refractivity contribution in [3.05, 3.63) is 86.0 Å². The van der Waals surface area contributed by atoms with Crippen LogP contribution in [0.25, 0.3) is 21.5 Å². The molecule has 0 amide bonds. The predicted molar refractivity (Wildman–Crippen MR) is 323 cm³/mol. The Kier molecular flexibility index (Phi) is 29.2. The summed E-state index contributed by atoms with van der Waals surface area (Å²) >= 11 is 0. The standard InChI is InChI=1S/C26H46Si2.C26H45Si2.C5H5N.C5H12.2Ti.H/c2*1-17(2)27(18(3)4,19(5)6)25-15-13-24-23(25)14-16-26(24)28(20(7)8,21(9)10)22(11)12;1-2-4-6-5-3-1;1-3-5-4-2;;;/h13-22H,1-12H3;13-22H,1H2,2-12H3;1-5H;3-5H2,1-2H3;;;/q-2;-3;;;2*+3;-1/t;17-;;;;;/m.0...../s1. The maximum absolute atomic E-state index is 4.63. The van der Waals surface area contributed by atoms with Crippen molar-refractivity contribution in [3.8, 4) is 0 Å². The van der Waals surface area contributed by atoms with Gasteiger partial charge in [0.2, 0.25) is 0 Å². The zero-order valence-corrected chi connectivity index (χ0v) is 56.8. The number of pyridine rings is 1. The first-order chi connectivity index (χ1) is 31.2. The largest absolute Gasteiger partial charge is 3.00 e. The maximum atomic E-state index is 4.63. The van der Waals surface area contributed by atoms with E-state index >= 15 is 0 Å². The summed E-state index contributed by atoms with van der Waals surface area (Å²) in [7, 11) is -6.64. The second-order valence-corrected chi connectivity index (χ2v) is 47.7. The van der Waals surface area contributed by atoms with Crippen LogP contribution in [0.15, 0.2) is 79.1 Å². The molecule has 0 saturated heterocycles.